The fourth-order valence-corrected chi connectivity index (χ4v) is 4.27. The zero-order valence-electron chi connectivity index (χ0n) is 12.6. The van der Waals surface area contributed by atoms with Crippen LogP contribution in [-0.4, -0.2) is 23.0 Å². The molecular formula is C16H14FN3O3S. The van der Waals surface area contributed by atoms with E-state index in [9.17, 15) is 17.6 Å². The smallest absolute Gasteiger partial charge is 0.252 e. The van der Waals surface area contributed by atoms with Gasteiger partial charge in [0.05, 0.1) is 11.3 Å². The van der Waals surface area contributed by atoms with Gasteiger partial charge in [-0.2, -0.15) is 0 Å². The lowest BCUT2D eigenvalue weighted by Crippen LogP contribution is -2.19. The highest BCUT2D eigenvalue weighted by Crippen LogP contribution is 2.36. The molecule has 1 aliphatic rings. The van der Waals surface area contributed by atoms with Gasteiger partial charge >= 0.3 is 0 Å². The number of pyridine rings is 1. The topological polar surface area (TPSA) is 84.8 Å². The summed E-state index contributed by atoms with van der Waals surface area (Å²) in [5, 5.41) is 0.565. The Morgan fingerprint density at radius 1 is 1.29 bits per heavy atom. The molecule has 24 heavy (non-hydrogen) atoms. The van der Waals surface area contributed by atoms with Crippen LogP contribution < -0.4 is 5.56 Å². The van der Waals surface area contributed by atoms with E-state index < -0.39 is 27.0 Å². The predicted molar refractivity (Wildman–Crippen MR) is 85.9 cm³/mol. The molecule has 4 rings (SSSR count). The predicted octanol–water partition coefficient (Wildman–Crippen LogP) is 2.17. The van der Waals surface area contributed by atoms with E-state index in [0.29, 0.717) is 10.9 Å². The van der Waals surface area contributed by atoms with Gasteiger partial charge in [0.25, 0.3) is 5.56 Å². The average molecular weight is 347 g/mol. The van der Waals surface area contributed by atoms with Crippen molar-refractivity contribution in [3.8, 4) is 0 Å². The zero-order chi connectivity index (χ0) is 16.9. The van der Waals surface area contributed by atoms with Crippen LogP contribution in [0.2, 0.25) is 0 Å². The maximum atomic E-state index is 13.2. The number of hydrogen-bond acceptors (Lipinski definition) is 4. The van der Waals surface area contributed by atoms with Crippen LogP contribution in [0.25, 0.3) is 10.9 Å². The third kappa shape index (κ3) is 2.62. The van der Waals surface area contributed by atoms with E-state index in [1.165, 1.54) is 30.5 Å². The molecule has 1 aromatic carbocycles. The van der Waals surface area contributed by atoms with Gasteiger partial charge in [0.2, 0.25) is 15.0 Å². The van der Waals surface area contributed by atoms with E-state index in [-0.39, 0.29) is 16.8 Å². The molecule has 124 valence electrons. The van der Waals surface area contributed by atoms with Crippen LogP contribution in [0, 0.1) is 5.82 Å². The average Bonchev–Trinajstić information content (AvgIpc) is 3.24. The van der Waals surface area contributed by atoms with Crippen molar-refractivity contribution < 1.29 is 12.8 Å². The number of sulfone groups is 1. The summed E-state index contributed by atoms with van der Waals surface area (Å²) < 4.78 is 40.2. The van der Waals surface area contributed by atoms with Gasteiger partial charge in [0, 0.05) is 24.0 Å². The quantitative estimate of drug-likeness (QED) is 0.784. The number of nitrogens with zero attached hydrogens (tertiary/aromatic N) is 2. The lowest BCUT2D eigenvalue weighted by atomic mass is 10.2. The Labute approximate surface area is 136 Å². The fourth-order valence-electron chi connectivity index (χ4n) is 2.77. The molecule has 1 fully saturated rings. The molecule has 0 saturated heterocycles. The lowest BCUT2D eigenvalue weighted by Gasteiger charge is -2.08. The molecule has 1 aliphatic carbocycles. The number of imidazole rings is 1. The normalized spacial score (nSPS) is 15.0. The highest BCUT2D eigenvalue weighted by Gasteiger charge is 2.31. The van der Waals surface area contributed by atoms with Gasteiger partial charge in [-0.05, 0) is 42.5 Å². The van der Waals surface area contributed by atoms with Crippen molar-refractivity contribution in [2.45, 2.75) is 29.8 Å². The third-order valence-corrected chi connectivity index (χ3v) is 5.65. The molecule has 0 aliphatic heterocycles. The maximum absolute atomic E-state index is 13.2. The van der Waals surface area contributed by atoms with Crippen molar-refractivity contribution in [1.82, 2.24) is 14.5 Å². The van der Waals surface area contributed by atoms with Gasteiger partial charge < -0.3 is 9.55 Å². The maximum Gasteiger partial charge on any atom is 0.252 e. The Kier molecular flexibility index (Phi) is 3.31. The molecule has 1 N–H and O–H groups in total. The molecular weight excluding hydrogens is 333 g/mol. The van der Waals surface area contributed by atoms with Crippen LogP contribution in [0.4, 0.5) is 4.39 Å². The van der Waals surface area contributed by atoms with E-state index in [2.05, 4.69) is 9.97 Å². The summed E-state index contributed by atoms with van der Waals surface area (Å²) in [4.78, 5) is 18.6. The Balaban J connectivity index is 1.75. The van der Waals surface area contributed by atoms with Gasteiger partial charge in [-0.1, -0.05) is 0 Å². The van der Waals surface area contributed by atoms with E-state index in [1.54, 1.807) is 10.8 Å². The van der Waals surface area contributed by atoms with Gasteiger partial charge in [0.1, 0.15) is 5.82 Å². The number of aromatic amines is 1. The highest BCUT2D eigenvalue weighted by molar-refractivity contribution is 7.90. The summed E-state index contributed by atoms with van der Waals surface area (Å²) in [6, 6.07) is 5.63. The molecule has 6 nitrogen and oxygen atoms in total. The summed E-state index contributed by atoms with van der Waals surface area (Å²) in [5.74, 6) is -0.913. The molecule has 0 atom stereocenters. The Hall–Kier alpha value is -2.48. The molecule has 8 heteroatoms. The van der Waals surface area contributed by atoms with Gasteiger partial charge in [-0.3, -0.25) is 4.79 Å². The number of nitrogens with one attached hydrogen (secondary N) is 1. The van der Waals surface area contributed by atoms with E-state index in [4.69, 9.17) is 0 Å². The minimum absolute atomic E-state index is 0.0106. The van der Waals surface area contributed by atoms with Gasteiger partial charge in [0.15, 0.2) is 0 Å². The summed E-state index contributed by atoms with van der Waals surface area (Å²) in [5.41, 5.74) is -0.0960. The lowest BCUT2D eigenvalue weighted by molar-refractivity contribution is 0.564. The first-order valence-electron chi connectivity index (χ1n) is 7.51. The number of benzene rings is 1. The number of H-pyrrole nitrogens is 1. The fraction of sp³-hybridized carbons (Fsp3) is 0.250. The van der Waals surface area contributed by atoms with Gasteiger partial charge in [-0.15, -0.1) is 0 Å². The minimum atomic E-state index is -3.75. The second kappa shape index (κ2) is 5.27. The minimum Gasteiger partial charge on any atom is -0.322 e. The van der Waals surface area contributed by atoms with Crippen molar-refractivity contribution in [3.05, 3.63) is 58.4 Å². The number of halogens is 1. The number of aromatic nitrogens is 3. The molecule has 0 amide bonds. The van der Waals surface area contributed by atoms with Crippen molar-refractivity contribution in [2.24, 2.45) is 0 Å². The van der Waals surface area contributed by atoms with Crippen LogP contribution >= 0.6 is 0 Å². The van der Waals surface area contributed by atoms with Gasteiger partial charge in [-0.25, -0.2) is 17.8 Å². The third-order valence-electron chi connectivity index (χ3n) is 4.08. The Morgan fingerprint density at radius 3 is 2.83 bits per heavy atom. The van der Waals surface area contributed by atoms with Crippen LogP contribution in [-0.2, 0) is 15.6 Å². The summed E-state index contributed by atoms with van der Waals surface area (Å²) in [7, 11) is -3.75. The molecule has 2 aromatic heterocycles. The summed E-state index contributed by atoms with van der Waals surface area (Å²) >= 11 is 0. The van der Waals surface area contributed by atoms with Crippen LogP contribution in [0.3, 0.4) is 0 Å². The molecule has 1 saturated carbocycles. The van der Waals surface area contributed by atoms with Crippen molar-refractivity contribution in [3.63, 3.8) is 0 Å². The van der Waals surface area contributed by atoms with Crippen molar-refractivity contribution in [2.75, 3.05) is 0 Å². The summed E-state index contributed by atoms with van der Waals surface area (Å²) in [6.45, 7) is 0. The zero-order valence-corrected chi connectivity index (χ0v) is 13.4. The second-order valence-electron chi connectivity index (χ2n) is 5.96. The van der Waals surface area contributed by atoms with Crippen LogP contribution in [0.5, 0.6) is 0 Å². The first-order valence-corrected chi connectivity index (χ1v) is 9.16. The standard InChI is InChI=1S/C16H14FN3O3S/c17-12-2-1-10-7-11(15(21)19-14(10)8-12)9-24(22,23)16-18-5-6-20(16)13-3-4-13/h1-2,5-8,13H,3-4,9H2,(H,19,21). The number of rotatable bonds is 4. The largest absolute Gasteiger partial charge is 0.322 e. The Morgan fingerprint density at radius 2 is 2.08 bits per heavy atom. The molecule has 0 bridgehead atoms. The molecule has 0 spiro atoms. The number of hydrogen-bond donors (Lipinski definition) is 1. The van der Waals surface area contributed by atoms with Crippen molar-refractivity contribution in [1.29, 1.82) is 0 Å². The van der Waals surface area contributed by atoms with E-state index >= 15 is 0 Å². The van der Waals surface area contributed by atoms with Crippen LogP contribution in [0.15, 0.2) is 46.6 Å². The van der Waals surface area contributed by atoms with Crippen LogP contribution in [0.1, 0.15) is 24.4 Å². The van der Waals surface area contributed by atoms with E-state index in [0.717, 1.165) is 12.8 Å². The molecule has 2 heterocycles. The monoisotopic (exact) mass is 347 g/mol. The summed E-state index contributed by atoms with van der Waals surface area (Å²) in [6.07, 6.45) is 4.97. The number of fused-ring (bicyclic) bond motifs is 1. The molecule has 0 unspecified atom stereocenters. The molecule has 3 aromatic rings. The second-order valence-corrected chi connectivity index (χ2v) is 7.85. The highest BCUT2D eigenvalue weighted by atomic mass is 32.2. The SMILES string of the molecule is O=c1[nH]c2cc(F)ccc2cc1CS(=O)(=O)c1nccn1C1CC1. The molecule has 0 radical (unpaired) electrons. The first kappa shape index (κ1) is 15.1. The van der Waals surface area contributed by atoms with E-state index in [1.807, 2.05) is 0 Å². The Bertz CT molecular complexity index is 1100. The first-order chi connectivity index (χ1) is 11.4. The van der Waals surface area contributed by atoms with Crippen molar-refractivity contribution >= 4 is 20.7 Å².